The van der Waals surface area contributed by atoms with Gasteiger partial charge in [-0.1, -0.05) is 45.9 Å². The van der Waals surface area contributed by atoms with Crippen LogP contribution in [0.1, 0.15) is 23.0 Å². The van der Waals surface area contributed by atoms with Crippen molar-refractivity contribution in [1.29, 1.82) is 0 Å². The molecule has 4 atom stereocenters. The number of H-pyrrole nitrogens is 1. The van der Waals surface area contributed by atoms with Crippen LogP contribution < -0.4 is 11.2 Å². The lowest BCUT2D eigenvalue weighted by Crippen LogP contribution is -2.56. The monoisotopic (exact) mass is 541 g/mol. The van der Waals surface area contributed by atoms with Crippen molar-refractivity contribution in [1.82, 2.24) is 9.55 Å². The molecule has 3 heterocycles. The number of thioether (sulfide) groups is 1. The molecule has 1 aromatic carbocycles. The zero-order chi connectivity index (χ0) is 21.4. The number of carbonyl (C=O) groups excluding carboxylic acids is 1. The van der Waals surface area contributed by atoms with Crippen molar-refractivity contribution >= 4 is 40.3 Å². The first-order valence-electron chi connectivity index (χ1n) is 8.97. The van der Waals surface area contributed by atoms with Gasteiger partial charge in [-0.05, 0) is 29.8 Å². The largest absolute Gasteiger partial charge is 0.454 e. The number of hydrogen-bond acceptors (Lipinski definition) is 7. The summed E-state index contributed by atoms with van der Waals surface area (Å²) in [6, 6.07) is 9.69. The highest BCUT2D eigenvalue weighted by Crippen LogP contribution is 2.61. The lowest BCUT2D eigenvalue weighted by Gasteiger charge is -2.45. The van der Waals surface area contributed by atoms with Crippen LogP contribution >= 0.6 is 34.4 Å². The molecule has 0 amide bonds. The molecule has 0 radical (unpaired) electrons. The molecule has 1 aromatic heterocycles. The fraction of sp³-hybridized carbons (Fsp3) is 0.389. The van der Waals surface area contributed by atoms with E-state index >= 15 is 0 Å². The third kappa shape index (κ3) is 3.33. The van der Waals surface area contributed by atoms with Crippen molar-refractivity contribution in [3.63, 3.8) is 0 Å². The van der Waals surface area contributed by atoms with Gasteiger partial charge in [0.15, 0.2) is 18.1 Å². The number of halogens is 1. The summed E-state index contributed by atoms with van der Waals surface area (Å²) < 4.78 is 12.7. The first kappa shape index (κ1) is 21.0. The van der Waals surface area contributed by atoms with Crippen molar-refractivity contribution < 1.29 is 14.3 Å². The maximum atomic E-state index is 12.9. The minimum atomic E-state index is -1.51. The molecule has 1 spiro atoms. The first-order chi connectivity index (χ1) is 14.5. The van der Waals surface area contributed by atoms with Crippen LogP contribution in [0.2, 0.25) is 0 Å². The summed E-state index contributed by atoms with van der Waals surface area (Å²) in [5.74, 6) is 0.179. The van der Waals surface area contributed by atoms with Crippen LogP contribution in [0.5, 0.6) is 0 Å². The second-order valence-electron chi connectivity index (χ2n) is 6.86. The van der Waals surface area contributed by atoms with E-state index in [0.717, 1.165) is 5.75 Å². The number of carbonyl (C=O) groups is 1. The van der Waals surface area contributed by atoms with E-state index in [1.54, 1.807) is 30.3 Å². The summed E-state index contributed by atoms with van der Waals surface area (Å²) in [5, 5.41) is 3.88. The number of benzene rings is 1. The molecule has 30 heavy (non-hydrogen) atoms. The Labute approximate surface area is 187 Å². The normalized spacial score (nSPS) is 29.8. The van der Waals surface area contributed by atoms with Gasteiger partial charge in [0.05, 0.1) is 5.56 Å². The van der Waals surface area contributed by atoms with Crippen molar-refractivity contribution in [2.75, 3.05) is 10.2 Å². The van der Waals surface area contributed by atoms with Gasteiger partial charge in [0, 0.05) is 21.6 Å². The molecule has 2 fully saturated rings. The maximum absolute atomic E-state index is 12.9. The van der Waals surface area contributed by atoms with Crippen molar-refractivity contribution in [2.24, 2.45) is 5.11 Å². The zero-order valence-electron chi connectivity index (χ0n) is 15.4. The van der Waals surface area contributed by atoms with Crippen LogP contribution in [0.3, 0.4) is 0 Å². The SMILES string of the molecule is [N-]=[N+]=N[C@]1(CI)O[C@@H](n2ccc(=O)[nH]c2=O)[C@@]2(CCS2)[C@@H]1OC(=O)c1ccccc1. The predicted molar refractivity (Wildman–Crippen MR) is 118 cm³/mol. The van der Waals surface area contributed by atoms with E-state index in [0.29, 0.717) is 12.0 Å². The highest BCUT2D eigenvalue weighted by Gasteiger charge is 2.69. The number of aromatic amines is 1. The Hall–Kier alpha value is -2.28. The molecular weight excluding hydrogens is 525 g/mol. The van der Waals surface area contributed by atoms with Crippen molar-refractivity contribution in [3.05, 3.63) is 79.4 Å². The number of nitrogens with zero attached hydrogens (tertiary/aromatic N) is 4. The zero-order valence-corrected chi connectivity index (χ0v) is 18.4. The average Bonchev–Trinajstić information content (AvgIpc) is 2.99. The van der Waals surface area contributed by atoms with E-state index in [1.807, 2.05) is 22.6 Å². The van der Waals surface area contributed by atoms with Crippen LogP contribution in [0.25, 0.3) is 10.4 Å². The number of hydrogen-bond donors (Lipinski definition) is 1. The van der Waals surface area contributed by atoms with Gasteiger partial charge >= 0.3 is 11.7 Å². The number of alkyl halides is 1. The van der Waals surface area contributed by atoms with Gasteiger partial charge in [0.1, 0.15) is 4.75 Å². The molecule has 0 unspecified atom stereocenters. The molecule has 2 aliphatic rings. The van der Waals surface area contributed by atoms with E-state index in [4.69, 9.17) is 9.47 Å². The Morgan fingerprint density at radius 3 is 2.70 bits per heavy atom. The number of ether oxygens (including phenoxy) is 2. The number of esters is 1. The fourth-order valence-electron chi connectivity index (χ4n) is 3.73. The fourth-order valence-corrected chi connectivity index (χ4v) is 5.83. The molecule has 0 saturated carbocycles. The van der Waals surface area contributed by atoms with Crippen LogP contribution in [0, 0.1) is 0 Å². The minimum absolute atomic E-state index is 0.193. The Balaban J connectivity index is 1.81. The number of nitrogens with one attached hydrogen (secondary N) is 1. The average molecular weight is 541 g/mol. The number of rotatable bonds is 5. The maximum Gasteiger partial charge on any atom is 0.338 e. The number of aromatic nitrogens is 2. The van der Waals surface area contributed by atoms with Gasteiger partial charge in [-0.3, -0.25) is 14.3 Å². The number of azide groups is 1. The lowest BCUT2D eigenvalue weighted by molar-refractivity contribution is -0.0868. The Morgan fingerprint density at radius 2 is 2.13 bits per heavy atom. The standard InChI is InChI=1S/C18H16IN5O5S/c19-10-18(22-23-20)14(28-13(26)11-4-2-1-3-5-11)17(7-9-30-17)15(29-18)24-8-6-12(25)21-16(24)27/h1-6,8,14-15H,7,9-10H2,(H,21,25,27)/t14-,15+,17+,18+/m0/s1. The van der Waals surface area contributed by atoms with Crippen LogP contribution in [-0.2, 0) is 9.47 Å². The molecule has 156 valence electrons. The summed E-state index contributed by atoms with van der Waals surface area (Å²) in [4.78, 5) is 42.0. The Morgan fingerprint density at radius 1 is 1.40 bits per heavy atom. The van der Waals surface area contributed by atoms with Gasteiger partial charge in [-0.2, -0.15) is 0 Å². The van der Waals surface area contributed by atoms with Gasteiger partial charge in [0.25, 0.3) is 5.56 Å². The molecule has 10 nitrogen and oxygen atoms in total. The summed E-state index contributed by atoms with van der Waals surface area (Å²) in [5.41, 5.74) is 6.87. The quantitative estimate of drug-likeness (QED) is 0.154. The van der Waals surface area contributed by atoms with Gasteiger partial charge in [-0.25, -0.2) is 9.59 Å². The highest BCUT2D eigenvalue weighted by molar-refractivity contribution is 14.1. The summed E-state index contributed by atoms with van der Waals surface area (Å²) >= 11 is 3.49. The molecule has 12 heteroatoms. The topological polar surface area (TPSA) is 139 Å². The third-order valence-corrected chi connectivity index (χ3v) is 7.85. The van der Waals surface area contributed by atoms with Gasteiger partial charge < -0.3 is 9.47 Å². The van der Waals surface area contributed by atoms with Crippen molar-refractivity contribution in [2.45, 2.75) is 29.2 Å². The van der Waals surface area contributed by atoms with Crippen LogP contribution in [0.15, 0.2) is 57.3 Å². The van der Waals surface area contributed by atoms with Crippen molar-refractivity contribution in [3.8, 4) is 0 Å². The van der Waals surface area contributed by atoms with Gasteiger partial charge in [-0.15, -0.1) is 11.8 Å². The van der Waals surface area contributed by atoms with E-state index in [-0.39, 0.29) is 4.43 Å². The molecule has 1 N–H and O–H groups in total. The Kier molecular flexibility index (Phi) is 5.66. The van der Waals surface area contributed by atoms with E-state index in [9.17, 15) is 19.9 Å². The highest BCUT2D eigenvalue weighted by atomic mass is 127. The van der Waals surface area contributed by atoms with E-state index in [2.05, 4.69) is 15.0 Å². The molecule has 2 saturated heterocycles. The molecule has 4 rings (SSSR count). The second-order valence-corrected chi connectivity index (χ2v) is 9.08. The molecule has 2 aromatic rings. The smallest absolute Gasteiger partial charge is 0.338 e. The molecule has 0 aliphatic carbocycles. The predicted octanol–water partition coefficient (Wildman–Crippen LogP) is 2.61. The molecular formula is C18H16IN5O5S. The molecule has 2 aliphatic heterocycles. The second kappa shape index (κ2) is 8.10. The minimum Gasteiger partial charge on any atom is -0.454 e. The van der Waals surface area contributed by atoms with E-state index in [1.165, 1.54) is 28.6 Å². The lowest BCUT2D eigenvalue weighted by atomic mass is 9.91. The van der Waals surface area contributed by atoms with E-state index < -0.39 is 40.0 Å². The summed E-state index contributed by atoms with van der Waals surface area (Å²) in [6.45, 7) is 0. The summed E-state index contributed by atoms with van der Waals surface area (Å²) in [6.07, 6.45) is 0.0736. The third-order valence-electron chi connectivity index (χ3n) is 5.19. The van der Waals surface area contributed by atoms with Crippen LogP contribution in [-0.4, -0.2) is 42.3 Å². The van der Waals surface area contributed by atoms with Crippen LogP contribution in [0.4, 0.5) is 0 Å². The first-order valence-corrected chi connectivity index (χ1v) is 11.5. The van der Waals surface area contributed by atoms with Gasteiger partial charge in [0.2, 0.25) is 0 Å². The summed E-state index contributed by atoms with van der Waals surface area (Å²) in [7, 11) is 0. The molecule has 0 bridgehead atoms. The Bertz CT molecular complexity index is 1130.